The highest BCUT2D eigenvalue weighted by Crippen LogP contribution is 2.32. The number of nitrogens with zero attached hydrogens (tertiary/aromatic N) is 1. The molecule has 1 aromatic heterocycles. The van der Waals surface area contributed by atoms with Gasteiger partial charge in [-0.15, -0.1) is 11.3 Å². The van der Waals surface area contributed by atoms with E-state index in [0.29, 0.717) is 0 Å². The molecule has 0 amide bonds. The van der Waals surface area contributed by atoms with Crippen LogP contribution in [0.3, 0.4) is 0 Å². The second-order valence-corrected chi connectivity index (χ2v) is 8.24. The molecule has 0 aliphatic carbocycles. The van der Waals surface area contributed by atoms with Gasteiger partial charge in [-0.1, -0.05) is 42.5 Å². The first-order valence-corrected chi connectivity index (χ1v) is 10.7. The Balaban J connectivity index is 0.000000309. The van der Waals surface area contributed by atoms with Crippen LogP contribution < -0.4 is 4.74 Å². The van der Waals surface area contributed by atoms with Crippen LogP contribution in [0.5, 0.6) is 5.75 Å². The van der Waals surface area contributed by atoms with Gasteiger partial charge in [-0.3, -0.25) is 0 Å². The average Bonchev–Trinajstić information content (AvgIpc) is 3.30. The normalized spacial score (nSPS) is 13.7. The van der Waals surface area contributed by atoms with Crippen LogP contribution in [0, 0.1) is 0 Å². The van der Waals surface area contributed by atoms with E-state index in [4.69, 9.17) is 25.2 Å². The number of hydrogen-bond acceptors (Lipinski definition) is 7. The predicted octanol–water partition coefficient (Wildman–Crippen LogP) is 2.85. The maximum Gasteiger partial charge on any atom is 0.335 e. The second kappa shape index (κ2) is 12.2. The monoisotopic (exact) mass is 461 g/mol. The Kier molecular flexibility index (Phi) is 9.61. The Labute approximate surface area is 189 Å². The van der Waals surface area contributed by atoms with Crippen LogP contribution >= 0.6 is 11.3 Å². The molecule has 0 aliphatic rings. The Hall–Kier alpha value is -2.98. The standard InChI is InChI=1S/C19H21NOS.C4H6O6/c1-20(2)13-12-18(19-11-6-14-22-19)21-17-10-5-8-15-7-3-4-9-16(15)17;5-1(3(7)8)2(6)4(9)10/h3-11,14,18H,12-13H2,1-2H3;1-2,5-6H,(H,7,8)(H,9,10)/t;1-,2-/m.0/s1. The number of thiophene rings is 1. The maximum absolute atomic E-state index is 9.77. The van der Waals surface area contributed by atoms with Gasteiger partial charge >= 0.3 is 11.9 Å². The van der Waals surface area contributed by atoms with Crippen molar-refractivity contribution < 1.29 is 34.8 Å². The minimum Gasteiger partial charge on any atom is -0.484 e. The van der Waals surface area contributed by atoms with Crippen molar-refractivity contribution in [2.75, 3.05) is 20.6 Å². The molecule has 1 heterocycles. The van der Waals surface area contributed by atoms with Gasteiger partial charge in [-0.25, -0.2) is 9.59 Å². The quantitative estimate of drug-likeness (QED) is 0.383. The lowest BCUT2D eigenvalue weighted by molar-refractivity contribution is -0.165. The summed E-state index contributed by atoms with van der Waals surface area (Å²) in [7, 11) is 4.20. The number of ether oxygens (including phenoxy) is 1. The summed E-state index contributed by atoms with van der Waals surface area (Å²) in [5, 5.41) is 37.0. The lowest BCUT2D eigenvalue weighted by Crippen LogP contribution is -2.39. The third kappa shape index (κ3) is 7.31. The van der Waals surface area contributed by atoms with E-state index in [1.807, 2.05) is 0 Å². The van der Waals surface area contributed by atoms with Crippen molar-refractivity contribution in [3.05, 3.63) is 64.9 Å². The lowest BCUT2D eigenvalue weighted by Gasteiger charge is -2.21. The molecule has 1 unspecified atom stereocenters. The van der Waals surface area contributed by atoms with Gasteiger partial charge in [0.1, 0.15) is 11.9 Å². The highest BCUT2D eigenvalue weighted by Gasteiger charge is 2.29. The molecule has 32 heavy (non-hydrogen) atoms. The van der Waals surface area contributed by atoms with Crippen LogP contribution in [0.4, 0.5) is 0 Å². The molecule has 9 heteroatoms. The largest absolute Gasteiger partial charge is 0.484 e. The average molecular weight is 462 g/mol. The Morgan fingerprint density at radius 2 is 1.56 bits per heavy atom. The zero-order valence-corrected chi connectivity index (χ0v) is 18.6. The summed E-state index contributed by atoms with van der Waals surface area (Å²) in [4.78, 5) is 23.0. The highest BCUT2D eigenvalue weighted by molar-refractivity contribution is 7.10. The van der Waals surface area contributed by atoms with Gasteiger partial charge in [-0.2, -0.15) is 0 Å². The van der Waals surface area contributed by atoms with E-state index in [2.05, 4.69) is 79.0 Å². The van der Waals surface area contributed by atoms with Crippen molar-refractivity contribution in [3.8, 4) is 5.75 Å². The molecular formula is C23H27NO7S. The summed E-state index contributed by atoms with van der Waals surface area (Å²) < 4.78 is 6.41. The molecule has 0 aliphatic heterocycles. The summed E-state index contributed by atoms with van der Waals surface area (Å²) in [5.74, 6) is -2.57. The number of aliphatic hydroxyl groups is 2. The molecule has 0 bridgehead atoms. The summed E-state index contributed by atoms with van der Waals surface area (Å²) in [6.45, 7) is 1.01. The van der Waals surface area contributed by atoms with Crippen molar-refractivity contribution in [1.82, 2.24) is 4.90 Å². The molecule has 0 saturated heterocycles. The van der Waals surface area contributed by atoms with Crippen molar-refractivity contribution in [3.63, 3.8) is 0 Å². The Morgan fingerprint density at radius 1 is 0.938 bits per heavy atom. The molecule has 8 nitrogen and oxygen atoms in total. The van der Waals surface area contributed by atoms with Gasteiger partial charge in [-0.05, 0) is 37.0 Å². The molecule has 0 fully saturated rings. The lowest BCUT2D eigenvalue weighted by atomic mass is 10.1. The van der Waals surface area contributed by atoms with Gasteiger partial charge in [0.2, 0.25) is 0 Å². The van der Waals surface area contributed by atoms with E-state index in [9.17, 15) is 9.59 Å². The summed E-state index contributed by atoms with van der Waals surface area (Å²) >= 11 is 1.76. The van der Waals surface area contributed by atoms with E-state index >= 15 is 0 Å². The Morgan fingerprint density at radius 3 is 2.12 bits per heavy atom. The van der Waals surface area contributed by atoms with Crippen LogP contribution in [0.25, 0.3) is 10.8 Å². The number of benzene rings is 2. The van der Waals surface area contributed by atoms with Crippen molar-refractivity contribution in [1.29, 1.82) is 0 Å². The van der Waals surface area contributed by atoms with Crippen molar-refractivity contribution >= 4 is 34.0 Å². The van der Waals surface area contributed by atoms with Crippen LogP contribution in [0.1, 0.15) is 17.4 Å². The fraction of sp³-hybridized carbons (Fsp3) is 0.304. The molecule has 0 radical (unpaired) electrons. The zero-order chi connectivity index (χ0) is 23.7. The fourth-order valence-electron chi connectivity index (χ4n) is 2.83. The van der Waals surface area contributed by atoms with Gasteiger partial charge in [0.15, 0.2) is 12.2 Å². The van der Waals surface area contributed by atoms with Gasteiger partial charge in [0.05, 0.1) is 0 Å². The summed E-state index contributed by atoms with van der Waals surface area (Å²) in [6, 6.07) is 18.9. The first-order chi connectivity index (χ1) is 15.2. The van der Waals surface area contributed by atoms with Crippen molar-refractivity contribution in [2.24, 2.45) is 0 Å². The molecule has 3 aromatic rings. The summed E-state index contributed by atoms with van der Waals surface area (Å²) in [5.41, 5.74) is 0. The molecule has 4 N–H and O–H groups in total. The Bertz CT molecular complexity index is 983. The van der Waals surface area contributed by atoms with Gasteiger partial charge in [0.25, 0.3) is 0 Å². The molecule has 3 atom stereocenters. The van der Waals surface area contributed by atoms with Crippen LogP contribution in [-0.2, 0) is 9.59 Å². The van der Waals surface area contributed by atoms with E-state index in [-0.39, 0.29) is 6.10 Å². The van der Waals surface area contributed by atoms with E-state index < -0.39 is 24.1 Å². The molecule has 2 aromatic carbocycles. The zero-order valence-electron chi connectivity index (χ0n) is 17.8. The highest BCUT2D eigenvalue weighted by atomic mass is 32.1. The molecular weight excluding hydrogens is 434 g/mol. The number of aliphatic hydroxyl groups excluding tert-OH is 2. The van der Waals surface area contributed by atoms with E-state index in [1.165, 1.54) is 15.6 Å². The van der Waals surface area contributed by atoms with E-state index in [1.54, 1.807) is 11.3 Å². The number of carboxylic acids is 2. The van der Waals surface area contributed by atoms with Crippen LogP contribution in [-0.4, -0.2) is 70.1 Å². The van der Waals surface area contributed by atoms with E-state index in [0.717, 1.165) is 18.7 Å². The van der Waals surface area contributed by atoms with Crippen LogP contribution in [0.2, 0.25) is 0 Å². The third-order valence-electron chi connectivity index (χ3n) is 4.52. The number of hydrogen-bond donors (Lipinski definition) is 4. The SMILES string of the molecule is CN(C)CCC(Oc1cccc2ccccc12)c1cccs1.O=C(O)[C@@H](O)[C@H](O)C(=O)O. The number of carbonyl (C=O) groups is 2. The maximum atomic E-state index is 9.77. The number of aliphatic carboxylic acids is 2. The minimum atomic E-state index is -2.27. The third-order valence-corrected chi connectivity index (χ3v) is 5.49. The minimum absolute atomic E-state index is 0.105. The molecule has 0 spiro atoms. The number of fused-ring (bicyclic) bond motifs is 1. The van der Waals surface area contributed by atoms with Gasteiger partial charge < -0.3 is 30.1 Å². The molecule has 172 valence electrons. The number of rotatable bonds is 9. The summed E-state index contributed by atoms with van der Waals surface area (Å²) in [6.07, 6.45) is -3.44. The first kappa shape index (κ1) is 25.3. The second-order valence-electron chi connectivity index (χ2n) is 7.26. The number of carboxylic acid groups (broad SMARTS) is 2. The molecule has 3 rings (SSSR count). The smallest absolute Gasteiger partial charge is 0.335 e. The first-order valence-electron chi connectivity index (χ1n) is 9.85. The topological polar surface area (TPSA) is 128 Å². The van der Waals surface area contributed by atoms with Crippen LogP contribution in [0.15, 0.2) is 60.0 Å². The predicted molar refractivity (Wildman–Crippen MR) is 122 cm³/mol. The fourth-order valence-corrected chi connectivity index (χ4v) is 3.62. The van der Waals surface area contributed by atoms with Gasteiger partial charge in [0, 0.05) is 23.2 Å². The molecule has 0 saturated carbocycles. The van der Waals surface area contributed by atoms with Crippen molar-refractivity contribution in [2.45, 2.75) is 24.7 Å².